The summed E-state index contributed by atoms with van der Waals surface area (Å²) < 4.78 is -0.667. The average Bonchev–Trinajstić information content (AvgIpc) is 0.811. The SMILES string of the molecule is O=[C](O)[BiH2]. The van der Waals surface area contributed by atoms with Gasteiger partial charge in [0.2, 0.25) is 0 Å². The van der Waals surface area contributed by atoms with Crippen LogP contribution in [0.3, 0.4) is 0 Å². The fourth-order valence-electron chi connectivity index (χ4n) is 0. The summed E-state index contributed by atoms with van der Waals surface area (Å²) in [6.45, 7) is 0. The summed E-state index contributed by atoms with van der Waals surface area (Å²) >= 11 is 0.102. The Hall–Kier alpha value is 0.353. The Labute approximate surface area is 38.7 Å². The number of carbonyl (C=O) groups is 1. The summed E-state index contributed by atoms with van der Waals surface area (Å²) in [6.07, 6.45) is 0. The Morgan fingerprint density at radius 3 is 2.00 bits per heavy atom. The fraction of sp³-hybridized carbons (Fsp3) is 0. The molecule has 0 spiro atoms. The third-order valence-electron chi connectivity index (χ3n) is 0. The van der Waals surface area contributed by atoms with Crippen molar-refractivity contribution in [2.24, 2.45) is 0 Å². The summed E-state index contributed by atoms with van der Waals surface area (Å²) in [7, 11) is 0. The van der Waals surface area contributed by atoms with Crippen molar-refractivity contribution in [2.45, 2.75) is 0 Å². The number of hydrogen-bond acceptors (Lipinski definition) is 1. The van der Waals surface area contributed by atoms with E-state index in [2.05, 4.69) is 0 Å². The molecule has 0 unspecified atom stereocenters. The van der Waals surface area contributed by atoms with Crippen LogP contribution in [-0.2, 0) is 0 Å². The van der Waals surface area contributed by atoms with Crippen LogP contribution in [0.2, 0.25) is 0 Å². The van der Waals surface area contributed by atoms with Crippen LogP contribution < -0.4 is 0 Å². The van der Waals surface area contributed by atoms with Crippen LogP contribution in [0.4, 0.5) is 4.79 Å². The van der Waals surface area contributed by atoms with Crippen molar-refractivity contribution >= 4 is 28.4 Å². The van der Waals surface area contributed by atoms with Gasteiger partial charge in [-0.25, -0.2) is 0 Å². The van der Waals surface area contributed by atoms with Gasteiger partial charge in [0.15, 0.2) is 0 Å². The van der Waals surface area contributed by atoms with Crippen LogP contribution in [0.5, 0.6) is 0 Å². The van der Waals surface area contributed by atoms with Gasteiger partial charge in [-0.15, -0.1) is 0 Å². The summed E-state index contributed by atoms with van der Waals surface area (Å²) in [5.41, 5.74) is 0. The molecule has 0 aromatic carbocycles. The molecule has 3 heteroatoms. The second kappa shape index (κ2) is 1.65. The molecule has 0 amide bonds. The number of hydrogen-bond donors (Lipinski definition) is 1. The first kappa shape index (κ1) is 4.35. The Kier molecular flexibility index (Phi) is 1.80. The summed E-state index contributed by atoms with van der Waals surface area (Å²) in [6, 6.07) is 0. The number of rotatable bonds is 0. The first-order valence-electron chi connectivity index (χ1n) is 0.716. The van der Waals surface area contributed by atoms with Gasteiger partial charge >= 0.3 is 38.3 Å². The summed E-state index contributed by atoms with van der Waals surface area (Å²) in [4.78, 5) is 9.07. The van der Waals surface area contributed by atoms with Gasteiger partial charge < -0.3 is 0 Å². The van der Waals surface area contributed by atoms with Crippen molar-refractivity contribution in [3.8, 4) is 0 Å². The van der Waals surface area contributed by atoms with E-state index in [1.54, 1.807) is 0 Å². The zero-order chi connectivity index (χ0) is 3.58. The predicted octanol–water partition coefficient (Wildman–Crippen LogP) is -0.703. The molecule has 0 aliphatic heterocycles. The van der Waals surface area contributed by atoms with Crippen LogP contribution in [0, 0.1) is 0 Å². The van der Waals surface area contributed by atoms with E-state index in [0.717, 1.165) is 0 Å². The fourth-order valence-corrected chi connectivity index (χ4v) is 0. The second-order valence-electron chi connectivity index (χ2n) is 0.338. The van der Waals surface area contributed by atoms with Crippen LogP contribution in [0.1, 0.15) is 0 Å². The quantitative estimate of drug-likeness (QED) is 0.582. The Balaban J connectivity index is 2.80. The van der Waals surface area contributed by atoms with Crippen molar-refractivity contribution in [1.29, 1.82) is 0 Å². The molecule has 0 heterocycles. The topological polar surface area (TPSA) is 37.3 Å². The van der Waals surface area contributed by atoms with Gasteiger partial charge in [-0.2, -0.15) is 0 Å². The Bertz CT molecular complexity index is 29.0. The van der Waals surface area contributed by atoms with Crippen molar-refractivity contribution < 1.29 is 9.90 Å². The number of carboxylic acid groups (broad SMARTS) is 1. The zero-order valence-corrected chi connectivity index (χ0v) is 6.42. The van der Waals surface area contributed by atoms with Crippen LogP contribution in [0.15, 0.2) is 0 Å². The summed E-state index contributed by atoms with van der Waals surface area (Å²) in [5.74, 6) is 0. The molecule has 0 aliphatic rings. The second-order valence-corrected chi connectivity index (χ2v) is 2.26. The van der Waals surface area contributed by atoms with E-state index in [0.29, 0.717) is 0 Å². The average molecular weight is 256 g/mol. The molecule has 0 bridgehead atoms. The first-order valence-corrected chi connectivity index (χ1v) is 2.96. The third kappa shape index (κ3) is 34.6. The van der Waals surface area contributed by atoms with Crippen molar-refractivity contribution in [2.75, 3.05) is 0 Å². The molecule has 0 aromatic rings. The van der Waals surface area contributed by atoms with Crippen LogP contribution in [0.25, 0.3) is 0 Å². The zero-order valence-electron chi connectivity index (χ0n) is 1.93. The van der Waals surface area contributed by atoms with Gasteiger partial charge in [0.1, 0.15) is 0 Å². The van der Waals surface area contributed by atoms with Crippen molar-refractivity contribution in [3.63, 3.8) is 0 Å². The van der Waals surface area contributed by atoms with Gasteiger partial charge in [-0.05, 0) is 0 Å². The molecule has 2 nitrogen and oxygen atoms in total. The van der Waals surface area contributed by atoms with E-state index >= 15 is 0 Å². The maximum absolute atomic E-state index is 9.07. The molecular formula is CH3BiO2. The molecule has 1 N–H and O–H groups in total. The van der Waals surface area contributed by atoms with E-state index in [1.807, 2.05) is 0 Å². The van der Waals surface area contributed by atoms with Gasteiger partial charge in [0, 0.05) is 0 Å². The molecule has 0 aromatic heterocycles. The van der Waals surface area contributed by atoms with Crippen LogP contribution >= 0.6 is 0 Å². The van der Waals surface area contributed by atoms with Gasteiger partial charge in [-0.1, -0.05) is 0 Å². The molecule has 0 saturated carbocycles. The third-order valence-corrected chi connectivity index (χ3v) is 0. The molecule has 4 heavy (non-hydrogen) atoms. The van der Waals surface area contributed by atoms with E-state index in [4.69, 9.17) is 9.90 Å². The van der Waals surface area contributed by atoms with Crippen molar-refractivity contribution in [1.82, 2.24) is 0 Å². The van der Waals surface area contributed by atoms with E-state index in [1.165, 1.54) is 0 Å². The maximum atomic E-state index is 9.07. The molecule has 24 valence electrons. The van der Waals surface area contributed by atoms with E-state index < -0.39 is 3.68 Å². The van der Waals surface area contributed by atoms with Gasteiger partial charge in [-0.3, -0.25) is 0 Å². The Morgan fingerprint density at radius 2 is 2.00 bits per heavy atom. The predicted molar refractivity (Wildman–Crippen MR) is 16.6 cm³/mol. The van der Waals surface area contributed by atoms with E-state index in [9.17, 15) is 0 Å². The van der Waals surface area contributed by atoms with Crippen molar-refractivity contribution in [3.05, 3.63) is 0 Å². The molecule has 0 fully saturated rings. The minimum atomic E-state index is -0.667. The summed E-state index contributed by atoms with van der Waals surface area (Å²) in [5, 5.41) is 7.49. The van der Waals surface area contributed by atoms with Gasteiger partial charge in [0.05, 0.1) is 0 Å². The molecule has 0 atom stereocenters. The van der Waals surface area contributed by atoms with Crippen LogP contribution in [-0.4, -0.2) is 33.5 Å². The first-order chi connectivity index (χ1) is 1.73. The minimum absolute atomic E-state index is 0.102. The molecule has 0 rings (SSSR count). The van der Waals surface area contributed by atoms with E-state index in [-0.39, 0.29) is 24.7 Å². The molecular weight excluding hydrogens is 253 g/mol. The monoisotopic (exact) mass is 256 g/mol. The Morgan fingerprint density at radius 1 is 2.00 bits per heavy atom. The molecule has 0 aliphatic carbocycles. The standard InChI is InChI=1S/CHO2.Bi.2H/c2-1-3;;;/h(H,2,3);;;. The molecule has 0 radical (unpaired) electrons. The van der Waals surface area contributed by atoms with Gasteiger partial charge in [0.25, 0.3) is 0 Å². The normalized spacial score (nSPS) is 6.25. The molecule has 0 saturated heterocycles.